The lowest BCUT2D eigenvalue weighted by molar-refractivity contribution is -0.120. The number of anilines is 1. The highest BCUT2D eigenvalue weighted by atomic mass is 16.2. The second-order valence-corrected chi connectivity index (χ2v) is 7.43. The minimum absolute atomic E-state index is 0.0185. The van der Waals surface area contributed by atoms with Gasteiger partial charge < -0.3 is 10.2 Å². The summed E-state index contributed by atoms with van der Waals surface area (Å²) in [6.45, 7) is 4.96. The van der Waals surface area contributed by atoms with E-state index < -0.39 is 0 Å². The zero-order valence-corrected chi connectivity index (χ0v) is 17.6. The van der Waals surface area contributed by atoms with E-state index in [9.17, 15) is 9.59 Å². The van der Waals surface area contributed by atoms with Gasteiger partial charge in [-0.15, -0.1) is 0 Å². The molecule has 0 bridgehead atoms. The van der Waals surface area contributed by atoms with Crippen molar-refractivity contribution in [1.29, 1.82) is 0 Å². The summed E-state index contributed by atoms with van der Waals surface area (Å²) in [6.07, 6.45) is 0.752. The van der Waals surface area contributed by atoms with Crippen molar-refractivity contribution < 1.29 is 9.59 Å². The number of amides is 2. The van der Waals surface area contributed by atoms with Crippen molar-refractivity contribution in [2.24, 2.45) is 0 Å². The van der Waals surface area contributed by atoms with Gasteiger partial charge in [-0.3, -0.25) is 9.59 Å². The van der Waals surface area contributed by atoms with Crippen LogP contribution in [0.25, 0.3) is 0 Å². The largest absolute Gasteiger partial charge is 0.352 e. The molecule has 1 N–H and O–H groups in total. The molecule has 0 aliphatic rings. The zero-order valence-electron chi connectivity index (χ0n) is 17.6. The molecule has 0 spiro atoms. The molecule has 0 aliphatic heterocycles. The van der Waals surface area contributed by atoms with Crippen LogP contribution in [0.1, 0.15) is 35.6 Å². The zero-order chi connectivity index (χ0) is 21.3. The average Bonchev–Trinajstić information content (AvgIpc) is 2.77. The molecule has 30 heavy (non-hydrogen) atoms. The first kappa shape index (κ1) is 21.3. The Balaban J connectivity index is 1.62. The third-order valence-corrected chi connectivity index (χ3v) is 4.97. The van der Waals surface area contributed by atoms with Gasteiger partial charge in [0.15, 0.2) is 0 Å². The lowest BCUT2D eigenvalue weighted by Crippen LogP contribution is -2.29. The highest BCUT2D eigenvalue weighted by molar-refractivity contribution is 5.93. The Morgan fingerprint density at radius 1 is 0.833 bits per heavy atom. The third kappa shape index (κ3) is 6.05. The number of benzene rings is 3. The Morgan fingerprint density at radius 3 is 2.20 bits per heavy atom. The fourth-order valence-electron chi connectivity index (χ4n) is 3.34. The third-order valence-electron chi connectivity index (χ3n) is 4.97. The van der Waals surface area contributed by atoms with E-state index in [4.69, 9.17) is 0 Å². The second-order valence-electron chi connectivity index (χ2n) is 7.43. The van der Waals surface area contributed by atoms with Gasteiger partial charge >= 0.3 is 0 Å². The molecule has 0 unspecified atom stereocenters. The van der Waals surface area contributed by atoms with Crippen LogP contribution in [0.5, 0.6) is 0 Å². The first-order valence-corrected chi connectivity index (χ1v) is 10.3. The topological polar surface area (TPSA) is 49.4 Å². The van der Waals surface area contributed by atoms with E-state index >= 15 is 0 Å². The number of hydrogen-bond donors (Lipinski definition) is 1. The molecule has 0 aromatic heterocycles. The molecule has 154 valence electrons. The molecule has 0 atom stereocenters. The van der Waals surface area contributed by atoms with Crippen LogP contribution in [-0.4, -0.2) is 11.8 Å². The van der Waals surface area contributed by atoms with E-state index in [1.54, 1.807) is 4.90 Å². The summed E-state index contributed by atoms with van der Waals surface area (Å²) in [6, 6.07) is 25.7. The van der Waals surface area contributed by atoms with Gasteiger partial charge in [0.1, 0.15) is 0 Å². The normalized spacial score (nSPS) is 10.5. The summed E-state index contributed by atoms with van der Waals surface area (Å²) in [5.74, 6) is 0.0533. The van der Waals surface area contributed by atoms with Crippen LogP contribution in [-0.2, 0) is 29.1 Å². The lowest BCUT2D eigenvalue weighted by atomic mass is 10.1. The maximum absolute atomic E-state index is 12.5. The molecule has 0 radical (unpaired) electrons. The summed E-state index contributed by atoms with van der Waals surface area (Å²) in [7, 11) is 0. The molecule has 4 nitrogen and oxygen atoms in total. The number of hydrogen-bond acceptors (Lipinski definition) is 2. The Kier molecular flexibility index (Phi) is 7.39. The summed E-state index contributed by atoms with van der Waals surface area (Å²) < 4.78 is 0. The van der Waals surface area contributed by atoms with E-state index in [-0.39, 0.29) is 11.8 Å². The van der Waals surface area contributed by atoms with Crippen molar-refractivity contribution in [3.05, 3.63) is 101 Å². The molecule has 0 aliphatic carbocycles. The van der Waals surface area contributed by atoms with Gasteiger partial charge in [-0.1, -0.05) is 79.2 Å². The van der Waals surface area contributed by atoms with E-state index in [0.717, 1.165) is 22.4 Å². The van der Waals surface area contributed by atoms with Crippen molar-refractivity contribution in [1.82, 2.24) is 5.32 Å². The number of aryl methyl sites for hydroxylation is 1. The molecule has 3 aromatic rings. The molecule has 0 saturated carbocycles. The fraction of sp³-hybridized carbons (Fsp3) is 0.231. The van der Waals surface area contributed by atoms with E-state index in [1.165, 1.54) is 5.56 Å². The highest BCUT2D eigenvalue weighted by Crippen LogP contribution is 2.20. The number of rotatable bonds is 8. The van der Waals surface area contributed by atoms with Crippen molar-refractivity contribution in [2.45, 2.75) is 39.8 Å². The van der Waals surface area contributed by atoms with Gasteiger partial charge in [0.05, 0.1) is 13.0 Å². The average molecular weight is 401 g/mol. The highest BCUT2D eigenvalue weighted by Gasteiger charge is 2.15. The molecule has 2 amide bonds. The molecule has 0 saturated heterocycles. The predicted molar refractivity (Wildman–Crippen MR) is 121 cm³/mol. The Hall–Kier alpha value is -3.40. The summed E-state index contributed by atoms with van der Waals surface area (Å²) >= 11 is 0. The number of nitrogens with one attached hydrogen (secondary N) is 1. The summed E-state index contributed by atoms with van der Waals surface area (Å²) in [5.41, 5.74) is 5.12. The van der Waals surface area contributed by atoms with Crippen LogP contribution in [0.3, 0.4) is 0 Å². The smallest absolute Gasteiger partial charge is 0.227 e. The number of nitrogens with zero attached hydrogens (tertiary/aromatic N) is 1. The molecular formula is C26H28N2O2. The first-order valence-electron chi connectivity index (χ1n) is 10.3. The predicted octanol–water partition coefficient (Wildman–Crippen LogP) is 4.80. The maximum Gasteiger partial charge on any atom is 0.227 e. The monoisotopic (exact) mass is 400 g/mol. The Labute approximate surface area is 178 Å². The fourth-order valence-corrected chi connectivity index (χ4v) is 3.34. The van der Waals surface area contributed by atoms with Crippen molar-refractivity contribution in [3.8, 4) is 0 Å². The quantitative estimate of drug-likeness (QED) is 0.591. The van der Waals surface area contributed by atoms with Crippen molar-refractivity contribution >= 4 is 17.5 Å². The van der Waals surface area contributed by atoms with Crippen LogP contribution in [0.4, 0.5) is 5.69 Å². The van der Waals surface area contributed by atoms with Gasteiger partial charge in [-0.2, -0.15) is 0 Å². The minimum Gasteiger partial charge on any atom is -0.352 e. The number of carbonyl (C=O) groups is 2. The van der Waals surface area contributed by atoms with Crippen LogP contribution in [0, 0.1) is 6.92 Å². The molecule has 0 heterocycles. The molecule has 3 rings (SSSR count). The second kappa shape index (κ2) is 10.4. The molecular weight excluding hydrogens is 372 g/mol. The lowest BCUT2D eigenvalue weighted by Gasteiger charge is -2.23. The van der Waals surface area contributed by atoms with Crippen LogP contribution >= 0.6 is 0 Å². The number of carbonyl (C=O) groups excluding carboxylic acids is 2. The van der Waals surface area contributed by atoms with E-state index in [1.807, 2.05) is 86.6 Å². The van der Waals surface area contributed by atoms with Gasteiger partial charge in [0, 0.05) is 18.7 Å². The summed E-state index contributed by atoms with van der Waals surface area (Å²) in [5, 5.41) is 2.97. The van der Waals surface area contributed by atoms with Crippen molar-refractivity contribution in [2.75, 3.05) is 4.90 Å². The standard InChI is InChI=1S/C26H28N2O2/c1-3-26(30)28(19-22-9-5-4-6-10-22)24-14-12-21(13-15-24)17-25(29)27-18-23-11-7-8-20(2)16-23/h4-16H,3,17-19H2,1-2H3,(H,27,29). The van der Waals surface area contributed by atoms with Gasteiger partial charge in [0.25, 0.3) is 0 Å². The van der Waals surface area contributed by atoms with E-state index in [2.05, 4.69) is 11.4 Å². The maximum atomic E-state index is 12.5. The Bertz CT molecular complexity index is 981. The van der Waals surface area contributed by atoms with Crippen molar-refractivity contribution in [3.63, 3.8) is 0 Å². The Morgan fingerprint density at radius 2 is 1.53 bits per heavy atom. The SMILES string of the molecule is CCC(=O)N(Cc1ccccc1)c1ccc(CC(=O)NCc2cccc(C)c2)cc1. The van der Waals surface area contributed by atoms with Crippen LogP contribution in [0.2, 0.25) is 0 Å². The van der Waals surface area contributed by atoms with Crippen LogP contribution < -0.4 is 10.2 Å². The molecule has 4 heteroatoms. The van der Waals surface area contributed by atoms with E-state index in [0.29, 0.717) is 25.9 Å². The van der Waals surface area contributed by atoms with Gasteiger partial charge in [0.2, 0.25) is 11.8 Å². The van der Waals surface area contributed by atoms with Gasteiger partial charge in [-0.25, -0.2) is 0 Å². The molecule has 3 aromatic carbocycles. The first-order chi connectivity index (χ1) is 14.5. The molecule has 0 fully saturated rings. The summed E-state index contributed by atoms with van der Waals surface area (Å²) in [4.78, 5) is 26.6. The van der Waals surface area contributed by atoms with Crippen LogP contribution in [0.15, 0.2) is 78.9 Å². The van der Waals surface area contributed by atoms with Gasteiger partial charge in [-0.05, 0) is 35.7 Å². The minimum atomic E-state index is -0.0185.